The highest BCUT2D eigenvalue weighted by Crippen LogP contribution is 2.13. The van der Waals surface area contributed by atoms with E-state index in [1.807, 2.05) is 13.8 Å². The first-order valence-electron chi connectivity index (χ1n) is 12.2. The van der Waals surface area contributed by atoms with E-state index in [-0.39, 0.29) is 0 Å². The molecule has 3 N–H and O–H groups in total. The van der Waals surface area contributed by atoms with Gasteiger partial charge >= 0.3 is 0 Å². The number of hydrogen-bond acceptors (Lipinski definition) is 3. The zero-order valence-electron chi connectivity index (χ0n) is 19.8. The molecule has 0 bridgehead atoms. The molecule has 0 aliphatic carbocycles. The predicted octanol–water partition coefficient (Wildman–Crippen LogP) is 7.81. The molecular weight excluding hydrogens is 370 g/mol. The van der Waals surface area contributed by atoms with Crippen LogP contribution in [0.1, 0.15) is 130 Å². The van der Waals surface area contributed by atoms with E-state index in [0.717, 1.165) is 19.8 Å². The third-order valence-corrected chi connectivity index (χ3v) is 4.47. The van der Waals surface area contributed by atoms with Crippen LogP contribution in [0.25, 0.3) is 0 Å². The van der Waals surface area contributed by atoms with Gasteiger partial charge in [0.2, 0.25) is 0 Å². The molecular formula is C24H54ClNO2. The molecule has 0 amide bonds. The second-order valence-corrected chi connectivity index (χ2v) is 8.08. The summed E-state index contributed by atoms with van der Waals surface area (Å²) in [5.41, 5.74) is 4.79. The highest BCUT2D eigenvalue weighted by atomic mass is 35.5. The van der Waals surface area contributed by atoms with Crippen molar-refractivity contribution < 1.29 is 9.84 Å². The molecule has 0 aliphatic heterocycles. The van der Waals surface area contributed by atoms with Crippen LogP contribution in [0.15, 0.2) is 0 Å². The molecule has 0 aromatic carbocycles. The van der Waals surface area contributed by atoms with Crippen LogP contribution >= 0.6 is 11.6 Å². The zero-order valence-corrected chi connectivity index (χ0v) is 20.6. The molecule has 1 atom stereocenters. The molecule has 0 aromatic heterocycles. The Labute approximate surface area is 183 Å². The van der Waals surface area contributed by atoms with Crippen LogP contribution in [0.3, 0.4) is 0 Å². The second-order valence-electron chi connectivity index (χ2n) is 7.45. The van der Waals surface area contributed by atoms with E-state index in [1.54, 1.807) is 0 Å². The third kappa shape index (κ3) is 50.2. The van der Waals surface area contributed by atoms with Gasteiger partial charge in [-0.1, -0.05) is 115 Å². The van der Waals surface area contributed by atoms with Crippen molar-refractivity contribution in [3.05, 3.63) is 0 Å². The van der Waals surface area contributed by atoms with Crippen LogP contribution in [0, 0.1) is 0 Å². The van der Waals surface area contributed by atoms with Crippen molar-refractivity contribution in [2.45, 2.75) is 136 Å². The molecule has 0 heterocycles. The topological polar surface area (TPSA) is 55.5 Å². The quantitative estimate of drug-likeness (QED) is 0.174. The Bertz CT molecular complexity index is 208. The molecule has 0 aliphatic rings. The molecule has 0 rings (SSSR count). The van der Waals surface area contributed by atoms with Crippen LogP contribution in [0.4, 0.5) is 0 Å². The lowest BCUT2D eigenvalue weighted by molar-refractivity contribution is 0.162. The Morgan fingerprint density at radius 3 is 1.07 bits per heavy atom. The molecule has 0 saturated heterocycles. The number of alkyl halides is 1. The van der Waals surface area contributed by atoms with Crippen molar-refractivity contribution >= 4 is 11.6 Å². The summed E-state index contributed by atoms with van der Waals surface area (Å²) in [7, 11) is 0. The number of nitrogens with two attached hydrogens (primary N) is 1. The lowest BCUT2D eigenvalue weighted by atomic mass is 10.0. The standard InChI is InChI=1S/C18H39N.C4H10O.C2H5ClO/c1-2-3-4-5-6-7-8-9-10-11-12-13-14-15-16-17-18-19;1-3-5-4-2;1-2(3)4/h2-19H2,1H3;3-4H2,1-2H3;2,4H,1H3. The van der Waals surface area contributed by atoms with Crippen molar-refractivity contribution in [3.8, 4) is 0 Å². The number of rotatable bonds is 18. The van der Waals surface area contributed by atoms with Crippen LogP contribution in [-0.2, 0) is 4.74 Å². The molecule has 0 fully saturated rings. The van der Waals surface area contributed by atoms with Crippen LogP contribution in [0.5, 0.6) is 0 Å². The Morgan fingerprint density at radius 1 is 0.643 bits per heavy atom. The van der Waals surface area contributed by atoms with Crippen LogP contribution < -0.4 is 5.73 Å². The summed E-state index contributed by atoms with van der Waals surface area (Å²) in [5.74, 6) is 0. The fraction of sp³-hybridized carbons (Fsp3) is 1.00. The van der Waals surface area contributed by atoms with Gasteiger partial charge in [0.05, 0.1) is 0 Å². The van der Waals surface area contributed by atoms with Crippen LogP contribution in [0.2, 0.25) is 0 Å². The summed E-state index contributed by atoms with van der Waals surface area (Å²) in [6.45, 7) is 10.3. The van der Waals surface area contributed by atoms with Gasteiger partial charge in [0.25, 0.3) is 0 Å². The minimum absolute atomic E-state index is 0.694. The monoisotopic (exact) mass is 423 g/mol. The Kier molecular flexibility index (Phi) is 40.6. The van der Waals surface area contributed by atoms with Gasteiger partial charge in [0.15, 0.2) is 0 Å². The average Bonchev–Trinajstić information content (AvgIpc) is 2.66. The van der Waals surface area contributed by atoms with Gasteiger partial charge in [0, 0.05) is 13.2 Å². The molecule has 0 saturated carbocycles. The second kappa shape index (κ2) is 34.7. The van der Waals surface area contributed by atoms with Crippen molar-refractivity contribution in [2.75, 3.05) is 19.8 Å². The maximum Gasteiger partial charge on any atom is 0.125 e. The first-order chi connectivity index (χ1) is 13.6. The van der Waals surface area contributed by atoms with Gasteiger partial charge in [-0.05, 0) is 33.7 Å². The van der Waals surface area contributed by atoms with Gasteiger partial charge in [-0.25, -0.2) is 0 Å². The summed E-state index contributed by atoms with van der Waals surface area (Å²) in [6, 6.07) is 0. The summed E-state index contributed by atoms with van der Waals surface area (Å²) in [6.07, 6.45) is 22.9. The lowest BCUT2D eigenvalue weighted by Crippen LogP contribution is -1.97. The number of aliphatic hydroxyl groups is 1. The highest BCUT2D eigenvalue weighted by molar-refractivity contribution is 6.19. The smallest absolute Gasteiger partial charge is 0.125 e. The van der Waals surface area contributed by atoms with E-state index >= 15 is 0 Å². The van der Waals surface area contributed by atoms with Crippen molar-refractivity contribution in [1.82, 2.24) is 0 Å². The Hall–Kier alpha value is 0.170. The average molecular weight is 424 g/mol. The first kappa shape index (κ1) is 32.8. The third-order valence-electron chi connectivity index (χ3n) is 4.47. The van der Waals surface area contributed by atoms with Gasteiger partial charge in [0.1, 0.15) is 5.56 Å². The summed E-state index contributed by atoms with van der Waals surface area (Å²) >= 11 is 4.83. The van der Waals surface area contributed by atoms with Gasteiger partial charge in [-0.3, -0.25) is 0 Å². The van der Waals surface area contributed by atoms with Crippen molar-refractivity contribution in [1.29, 1.82) is 0 Å². The van der Waals surface area contributed by atoms with E-state index in [1.165, 1.54) is 110 Å². The fourth-order valence-electron chi connectivity index (χ4n) is 2.90. The van der Waals surface area contributed by atoms with Crippen LogP contribution in [-0.4, -0.2) is 30.4 Å². The van der Waals surface area contributed by atoms with E-state index in [0.29, 0.717) is 0 Å². The molecule has 28 heavy (non-hydrogen) atoms. The van der Waals surface area contributed by atoms with E-state index in [2.05, 4.69) is 6.92 Å². The molecule has 0 radical (unpaired) electrons. The van der Waals surface area contributed by atoms with E-state index in [4.69, 9.17) is 27.2 Å². The molecule has 3 nitrogen and oxygen atoms in total. The summed E-state index contributed by atoms with van der Waals surface area (Å²) in [5, 5.41) is 7.82. The maximum absolute atomic E-state index is 7.82. The minimum atomic E-state index is -0.694. The molecule has 174 valence electrons. The zero-order chi connectivity index (χ0) is 21.7. The first-order valence-corrected chi connectivity index (χ1v) is 12.6. The van der Waals surface area contributed by atoms with E-state index < -0.39 is 5.56 Å². The normalized spacial score (nSPS) is 11.2. The van der Waals surface area contributed by atoms with E-state index in [9.17, 15) is 0 Å². The van der Waals surface area contributed by atoms with Gasteiger partial charge in [-0.2, -0.15) is 0 Å². The maximum atomic E-state index is 7.82. The predicted molar refractivity (Wildman–Crippen MR) is 128 cm³/mol. The number of halogens is 1. The number of unbranched alkanes of at least 4 members (excludes halogenated alkanes) is 15. The summed E-state index contributed by atoms with van der Waals surface area (Å²) < 4.78 is 4.83. The van der Waals surface area contributed by atoms with Crippen molar-refractivity contribution in [2.24, 2.45) is 5.73 Å². The number of ether oxygens (including phenoxy) is 1. The lowest BCUT2D eigenvalue weighted by Gasteiger charge is -2.03. The Balaban J connectivity index is -0.000000575. The summed E-state index contributed by atoms with van der Waals surface area (Å²) in [4.78, 5) is 0. The Morgan fingerprint density at radius 2 is 0.893 bits per heavy atom. The number of hydrogen-bond donors (Lipinski definition) is 2. The number of aliphatic hydroxyl groups excluding tert-OH is 1. The fourth-order valence-corrected chi connectivity index (χ4v) is 2.90. The molecule has 0 aromatic rings. The SMILES string of the molecule is CC(O)Cl.CCCCCCCCCCCCCCCCCCN.CCOCC. The largest absolute Gasteiger partial charge is 0.382 e. The molecule has 0 spiro atoms. The van der Waals surface area contributed by atoms with Gasteiger partial charge < -0.3 is 15.6 Å². The van der Waals surface area contributed by atoms with Crippen molar-refractivity contribution in [3.63, 3.8) is 0 Å². The minimum Gasteiger partial charge on any atom is -0.382 e. The molecule has 4 heteroatoms. The highest BCUT2D eigenvalue weighted by Gasteiger charge is 1.94. The van der Waals surface area contributed by atoms with Gasteiger partial charge in [-0.15, -0.1) is 0 Å². The molecule has 1 unspecified atom stereocenters.